The van der Waals surface area contributed by atoms with Gasteiger partial charge in [0.1, 0.15) is 0 Å². The van der Waals surface area contributed by atoms with Crippen molar-refractivity contribution in [2.75, 3.05) is 24.3 Å². The van der Waals surface area contributed by atoms with Crippen molar-refractivity contribution in [1.29, 1.82) is 0 Å². The van der Waals surface area contributed by atoms with Crippen LogP contribution >= 0.6 is 11.8 Å². The van der Waals surface area contributed by atoms with Crippen LogP contribution in [-0.2, 0) is 14.9 Å². The molecule has 6 nitrogen and oxygen atoms in total. The highest BCUT2D eigenvalue weighted by atomic mass is 32.2. The average molecular weight is 256 g/mol. The molecule has 0 saturated heterocycles. The first-order valence-electron chi connectivity index (χ1n) is 4.34. The van der Waals surface area contributed by atoms with E-state index in [-0.39, 0.29) is 6.54 Å². The number of hydrogen-bond donors (Lipinski definition) is 3. The maximum absolute atomic E-state index is 11.2. The van der Waals surface area contributed by atoms with Gasteiger partial charge in [-0.2, -0.15) is 20.2 Å². The van der Waals surface area contributed by atoms with Crippen molar-refractivity contribution < 1.29 is 17.8 Å². The second kappa shape index (κ2) is 7.04. The van der Waals surface area contributed by atoms with E-state index in [1.54, 1.807) is 11.8 Å². The summed E-state index contributed by atoms with van der Waals surface area (Å²) in [4.78, 5) is 11.2. The fourth-order valence-corrected chi connectivity index (χ4v) is 1.66. The lowest BCUT2D eigenvalue weighted by atomic mass is 10.2. The van der Waals surface area contributed by atoms with Crippen LogP contribution in [0, 0.1) is 0 Å². The molecular weight excluding hydrogens is 240 g/mol. The summed E-state index contributed by atoms with van der Waals surface area (Å²) >= 11 is 1.58. The molecule has 0 heterocycles. The molecule has 0 fully saturated rings. The van der Waals surface area contributed by atoms with Crippen LogP contribution in [0.5, 0.6) is 0 Å². The Bertz CT molecular complexity index is 291. The third-order valence-corrected chi connectivity index (χ3v) is 2.99. The van der Waals surface area contributed by atoms with E-state index in [2.05, 4.69) is 5.32 Å². The molecule has 0 spiro atoms. The van der Waals surface area contributed by atoms with Crippen molar-refractivity contribution in [3.63, 3.8) is 0 Å². The van der Waals surface area contributed by atoms with Crippen molar-refractivity contribution in [3.8, 4) is 0 Å². The van der Waals surface area contributed by atoms with E-state index in [0.29, 0.717) is 6.42 Å². The van der Waals surface area contributed by atoms with E-state index in [9.17, 15) is 13.2 Å². The molecule has 0 aliphatic carbocycles. The summed E-state index contributed by atoms with van der Waals surface area (Å²) in [5, 5.41) is 2.34. The number of hydrogen-bond acceptors (Lipinski definition) is 5. The Morgan fingerprint density at radius 2 is 2.20 bits per heavy atom. The minimum absolute atomic E-state index is 0.120. The van der Waals surface area contributed by atoms with E-state index < -0.39 is 27.8 Å². The maximum Gasteiger partial charge on any atom is 0.266 e. The lowest BCUT2D eigenvalue weighted by Crippen LogP contribution is -2.42. The van der Waals surface area contributed by atoms with Gasteiger partial charge in [0, 0.05) is 6.54 Å². The number of thioether (sulfide) groups is 1. The van der Waals surface area contributed by atoms with Gasteiger partial charge in [-0.05, 0) is 18.4 Å². The van der Waals surface area contributed by atoms with Crippen LogP contribution in [0.15, 0.2) is 0 Å². The number of carbonyl (C=O) groups is 1. The van der Waals surface area contributed by atoms with E-state index >= 15 is 0 Å². The SMILES string of the molecule is CSCC[C@@H](N)C(=O)NCCS(=O)(=O)O. The second-order valence-corrected chi connectivity index (χ2v) is 5.52. The first-order chi connectivity index (χ1) is 6.87. The van der Waals surface area contributed by atoms with Gasteiger partial charge in [0.2, 0.25) is 5.91 Å². The molecule has 0 bridgehead atoms. The number of nitrogens with one attached hydrogen (secondary N) is 1. The number of rotatable bonds is 7. The smallest absolute Gasteiger partial charge is 0.266 e. The highest BCUT2D eigenvalue weighted by Crippen LogP contribution is 1.98. The number of amides is 1. The van der Waals surface area contributed by atoms with Crippen LogP contribution in [0.3, 0.4) is 0 Å². The summed E-state index contributed by atoms with van der Waals surface area (Å²) < 4.78 is 29.0. The molecule has 8 heteroatoms. The predicted molar refractivity (Wildman–Crippen MR) is 60.4 cm³/mol. The van der Waals surface area contributed by atoms with E-state index in [1.807, 2.05) is 6.26 Å². The molecule has 0 saturated carbocycles. The molecule has 1 atom stereocenters. The summed E-state index contributed by atoms with van der Waals surface area (Å²) in [5.41, 5.74) is 5.52. The molecule has 90 valence electrons. The molecule has 15 heavy (non-hydrogen) atoms. The Balaban J connectivity index is 3.74. The molecule has 0 aliphatic heterocycles. The van der Waals surface area contributed by atoms with E-state index in [1.165, 1.54) is 0 Å². The quantitative estimate of drug-likeness (QED) is 0.508. The second-order valence-electron chi connectivity index (χ2n) is 2.97. The monoisotopic (exact) mass is 256 g/mol. The Hall–Kier alpha value is -0.310. The molecule has 0 rings (SSSR count). The molecule has 0 aromatic rings. The third-order valence-electron chi connectivity index (χ3n) is 1.63. The van der Waals surface area contributed by atoms with Crippen LogP contribution in [0.4, 0.5) is 0 Å². The molecular formula is C7H16N2O4S2. The zero-order valence-electron chi connectivity index (χ0n) is 8.47. The highest BCUT2D eigenvalue weighted by Gasteiger charge is 2.13. The van der Waals surface area contributed by atoms with Crippen LogP contribution in [0.25, 0.3) is 0 Å². The van der Waals surface area contributed by atoms with E-state index in [4.69, 9.17) is 10.3 Å². The van der Waals surface area contributed by atoms with Crippen molar-refractivity contribution in [2.45, 2.75) is 12.5 Å². The molecule has 0 unspecified atom stereocenters. The van der Waals surface area contributed by atoms with Gasteiger partial charge in [-0.3, -0.25) is 9.35 Å². The molecule has 0 radical (unpaired) electrons. The molecule has 0 aliphatic rings. The summed E-state index contributed by atoms with van der Waals surface area (Å²) in [5.74, 6) is -0.117. The topological polar surface area (TPSA) is 109 Å². The normalized spacial score (nSPS) is 13.5. The standard InChI is InChI=1S/C7H16N2O4S2/c1-14-4-2-6(8)7(10)9-3-5-15(11,12)13/h6H,2-5,8H2,1H3,(H,9,10)(H,11,12,13)/t6-/m1/s1. The molecule has 0 aromatic carbocycles. The fourth-order valence-electron chi connectivity index (χ4n) is 0.810. The first-order valence-corrected chi connectivity index (χ1v) is 7.34. The zero-order valence-corrected chi connectivity index (χ0v) is 10.1. The molecule has 0 aromatic heterocycles. The summed E-state index contributed by atoms with van der Waals surface area (Å²) in [7, 11) is -4.02. The zero-order chi connectivity index (χ0) is 11.9. The Morgan fingerprint density at radius 3 is 2.67 bits per heavy atom. The number of carbonyl (C=O) groups excluding carboxylic acids is 1. The van der Waals surface area contributed by atoms with E-state index in [0.717, 1.165) is 5.75 Å². The van der Waals surface area contributed by atoms with Crippen LogP contribution in [0.1, 0.15) is 6.42 Å². The summed E-state index contributed by atoms with van der Waals surface area (Å²) in [6.07, 6.45) is 2.45. The van der Waals surface area contributed by atoms with Gasteiger partial charge in [-0.15, -0.1) is 0 Å². The van der Waals surface area contributed by atoms with Gasteiger partial charge >= 0.3 is 0 Å². The van der Waals surface area contributed by atoms with Crippen molar-refractivity contribution in [2.24, 2.45) is 5.73 Å². The lowest BCUT2D eigenvalue weighted by molar-refractivity contribution is -0.122. The van der Waals surface area contributed by atoms with Crippen molar-refractivity contribution in [3.05, 3.63) is 0 Å². The van der Waals surface area contributed by atoms with Crippen molar-refractivity contribution >= 4 is 27.8 Å². The average Bonchev–Trinajstić information content (AvgIpc) is 2.11. The minimum Gasteiger partial charge on any atom is -0.354 e. The highest BCUT2D eigenvalue weighted by molar-refractivity contribution is 7.98. The summed E-state index contributed by atoms with van der Waals surface area (Å²) in [6.45, 7) is -0.120. The van der Waals surface area contributed by atoms with Gasteiger partial charge in [0.15, 0.2) is 0 Å². The largest absolute Gasteiger partial charge is 0.354 e. The predicted octanol–water partition coefficient (Wildman–Crippen LogP) is -0.929. The fraction of sp³-hybridized carbons (Fsp3) is 0.857. The lowest BCUT2D eigenvalue weighted by Gasteiger charge is -2.10. The summed E-state index contributed by atoms with van der Waals surface area (Å²) in [6, 6.07) is -0.626. The van der Waals surface area contributed by atoms with Crippen LogP contribution in [-0.4, -0.2) is 49.2 Å². The van der Waals surface area contributed by atoms with Gasteiger partial charge in [0.25, 0.3) is 10.1 Å². The minimum atomic E-state index is -4.02. The Labute approximate surface area is 93.7 Å². The van der Waals surface area contributed by atoms with Crippen molar-refractivity contribution in [1.82, 2.24) is 5.32 Å². The molecule has 4 N–H and O–H groups in total. The van der Waals surface area contributed by atoms with Gasteiger partial charge in [0.05, 0.1) is 11.8 Å². The maximum atomic E-state index is 11.2. The number of nitrogens with two attached hydrogens (primary N) is 1. The molecule has 1 amide bonds. The Kier molecular flexibility index (Phi) is 6.90. The van der Waals surface area contributed by atoms with Gasteiger partial charge in [-0.1, -0.05) is 0 Å². The van der Waals surface area contributed by atoms with Gasteiger partial charge < -0.3 is 11.1 Å². The third kappa shape index (κ3) is 8.67. The van der Waals surface area contributed by atoms with Crippen LogP contribution in [0.2, 0.25) is 0 Å². The van der Waals surface area contributed by atoms with Gasteiger partial charge in [-0.25, -0.2) is 0 Å². The van der Waals surface area contributed by atoms with Crippen LogP contribution < -0.4 is 11.1 Å². The first kappa shape index (κ1) is 14.7. The Morgan fingerprint density at radius 1 is 1.60 bits per heavy atom.